The van der Waals surface area contributed by atoms with Gasteiger partial charge in [0.05, 0.1) is 6.61 Å². The molecule has 1 saturated carbocycles. The number of thiol groups is 1. The van der Waals surface area contributed by atoms with Gasteiger partial charge in [-0.3, -0.25) is 0 Å². The fraction of sp³-hybridized carbons (Fsp3) is 1.00. The van der Waals surface area contributed by atoms with Gasteiger partial charge in [-0.2, -0.15) is 12.6 Å². The number of likely N-dealkylation sites (N-methyl/N-ethyl adjacent to an activating group) is 1. The molecule has 2 fully saturated rings. The van der Waals surface area contributed by atoms with Crippen LogP contribution in [0, 0.1) is 5.41 Å². The van der Waals surface area contributed by atoms with Gasteiger partial charge in [0.2, 0.25) is 0 Å². The molecule has 2 nitrogen and oxygen atoms in total. The van der Waals surface area contributed by atoms with Crippen molar-refractivity contribution in [1.82, 2.24) is 4.90 Å². The van der Waals surface area contributed by atoms with Crippen LogP contribution in [-0.4, -0.2) is 43.5 Å². The molecule has 0 N–H and O–H groups in total. The third-order valence-electron chi connectivity index (χ3n) is 4.61. The highest BCUT2D eigenvalue weighted by Gasteiger charge is 2.33. The maximum absolute atomic E-state index is 5.50. The summed E-state index contributed by atoms with van der Waals surface area (Å²) in [6.07, 6.45) is 9.59. The van der Waals surface area contributed by atoms with Crippen molar-refractivity contribution in [1.29, 1.82) is 0 Å². The smallest absolute Gasteiger partial charge is 0.0622 e. The van der Waals surface area contributed by atoms with Crippen LogP contribution in [0.4, 0.5) is 0 Å². The van der Waals surface area contributed by atoms with Crippen molar-refractivity contribution in [2.75, 3.05) is 32.6 Å². The van der Waals surface area contributed by atoms with Gasteiger partial charge in [0.1, 0.15) is 0 Å². The van der Waals surface area contributed by atoms with E-state index in [1.165, 1.54) is 51.5 Å². The van der Waals surface area contributed by atoms with Gasteiger partial charge in [-0.25, -0.2) is 0 Å². The van der Waals surface area contributed by atoms with E-state index >= 15 is 0 Å². The Hall–Kier alpha value is 0.270. The number of ether oxygens (including phenoxy) is 1. The second-order valence-corrected chi connectivity index (χ2v) is 6.32. The Balaban J connectivity index is 1.92. The summed E-state index contributed by atoms with van der Waals surface area (Å²) < 4.78 is 5.50. The highest BCUT2D eigenvalue weighted by atomic mass is 32.1. The van der Waals surface area contributed by atoms with Gasteiger partial charge in [-0.15, -0.1) is 0 Å². The molecule has 1 aliphatic carbocycles. The zero-order valence-corrected chi connectivity index (χ0v) is 12.1. The van der Waals surface area contributed by atoms with Crippen LogP contribution < -0.4 is 0 Å². The molecular weight excluding hydrogens is 230 g/mol. The first-order valence-electron chi connectivity index (χ1n) is 7.15. The molecule has 0 radical (unpaired) electrons. The molecule has 1 atom stereocenters. The number of hydrogen-bond donors (Lipinski definition) is 1. The first-order chi connectivity index (χ1) is 8.26. The van der Waals surface area contributed by atoms with Gasteiger partial charge in [0, 0.05) is 19.2 Å². The lowest BCUT2D eigenvalue weighted by Crippen LogP contribution is -2.42. The van der Waals surface area contributed by atoms with E-state index in [0.29, 0.717) is 11.5 Å². The van der Waals surface area contributed by atoms with E-state index in [0.717, 1.165) is 19.0 Å². The van der Waals surface area contributed by atoms with E-state index in [1.54, 1.807) is 0 Å². The summed E-state index contributed by atoms with van der Waals surface area (Å²) in [7, 11) is 2.27. The van der Waals surface area contributed by atoms with Gasteiger partial charge in [0.25, 0.3) is 0 Å². The average Bonchev–Trinajstić information content (AvgIpc) is 2.78. The van der Waals surface area contributed by atoms with Gasteiger partial charge in [0.15, 0.2) is 0 Å². The minimum atomic E-state index is 0.469. The quantitative estimate of drug-likeness (QED) is 0.614. The molecule has 0 spiro atoms. The molecular formula is C14H27NOS. The molecule has 17 heavy (non-hydrogen) atoms. The third-order valence-corrected chi connectivity index (χ3v) is 5.28. The van der Waals surface area contributed by atoms with Crippen LogP contribution in [0.5, 0.6) is 0 Å². The first-order valence-corrected chi connectivity index (χ1v) is 7.78. The maximum Gasteiger partial charge on any atom is 0.0622 e. The topological polar surface area (TPSA) is 12.5 Å². The predicted molar refractivity (Wildman–Crippen MR) is 75.8 cm³/mol. The van der Waals surface area contributed by atoms with E-state index in [-0.39, 0.29) is 0 Å². The Bertz CT molecular complexity index is 220. The minimum absolute atomic E-state index is 0.469. The van der Waals surface area contributed by atoms with Crippen LogP contribution in [-0.2, 0) is 4.74 Å². The third kappa shape index (κ3) is 3.62. The molecule has 0 aromatic rings. The molecule has 1 saturated heterocycles. The largest absolute Gasteiger partial charge is 0.380 e. The average molecular weight is 257 g/mol. The van der Waals surface area contributed by atoms with E-state index in [9.17, 15) is 0 Å². The van der Waals surface area contributed by atoms with E-state index in [2.05, 4.69) is 24.6 Å². The Kier molecular flexibility index (Phi) is 5.19. The molecule has 1 heterocycles. The van der Waals surface area contributed by atoms with Gasteiger partial charge < -0.3 is 9.64 Å². The van der Waals surface area contributed by atoms with Crippen molar-refractivity contribution >= 4 is 12.6 Å². The van der Waals surface area contributed by atoms with Crippen LogP contribution in [0.2, 0.25) is 0 Å². The van der Waals surface area contributed by atoms with Crippen LogP contribution in [0.15, 0.2) is 0 Å². The normalized spacial score (nSPS) is 29.5. The zero-order valence-electron chi connectivity index (χ0n) is 11.2. The monoisotopic (exact) mass is 257 g/mol. The maximum atomic E-state index is 5.50. The molecule has 0 aromatic heterocycles. The SMILES string of the molecule is CN(CC1(CS)CCCCCC1)C1CCOC1. The number of hydrogen-bond acceptors (Lipinski definition) is 3. The number of rotatable bonds is 4. The number of nitrogens with zero attached hydrogens (tertiary/aromatic N) is 1. The molecule has 2 aliphatic rings. The Morgan fingerprint density at radius 3 is 2.47 bits per heavy atom. The van der Waals surface area contributed by atoms with Crippen LogP contribution >= 0.6 is 12.6 Å². The Morgan fingerprint density at radius 2 is 1.94 bits per heavy atom. The van der Waals surface area contributed by atoms with Crippen LogP contribution in [0.3, 0.4) is 0 Å². The lowest BCUT2D eigenvalue weighted by atomic mass is 9.81. The Labute approximate surface area is 112 Å². The highest BCUT2D eigenvalue weighted by Crippen LogP contribution is 2.37. The molecule has 1 unspecified atom stereocenters. The lowest BCUT2D eigenvalue weighted by molar-refractivity contribution is 0.116. The summed E-state index contributed by atoms with van der Waals surface area (Å²) >= 11 is 4.66. The second-order valence-electron chi connectivity index (χ2n) is 6.00. The molecule has 100 valence electrons. The fourth-order valence-corrected chi connectivity index (χ4v) is 3.79. The summed E-state index contributed by atoms with van der Waals surface area (Å²) in [4.78, 5) is 2.54. The van der Waals surface area contributed by atoms with Gasteiger partial charge >= 0.3 is 0 Å². The second kappa shape index (κ2) is 6.44. The predicted octanol–water partition coefficient (Wildman–Crippen LogP) is 2.98. The minimum Gasteiger partial charge on any atom is -0.380 e. The molecule has 0 aromatic carbocycles. The van der Waals surface area contributed by atoms with Crippen molar-refractivity contribution in [3.63, 3.8) is 0 Å². The summed E-state index contributed by atoms with van der Waals surface area (Å²) in [5.41, 5.74) is 0.469. The first kappa shape index (κ1) is 13.7. The van der Waals surface area contributed by atoms with E-state index < -0.39 is 0 Å². The van der Waals surface area contributed by atoms with Crippen molar-refractivity contribution < 1.29 is 4.74 Å². The van der Waals surface area contributed by atoms with E-state index in [1.807, 2.05) is 0 Å². The Morgan fingerprint density at radius 1 is 1.24 bits per heavy atom. The summed E-state index contributed by atoms with van der Waals surface area (Å²) in [6.45, 7) is 3.09. The molecule has 0 bridgehead atoms. The van der Waals surface area contributed by atoms with Crippen molar-refractivity contribution in [2.24, 2.45) is 5.41 Å². The molecule has 1 aliphatic heterocycles. The molecule has 3 heteroatoms. The van der Waals surface area contributed by atoms with Crippen molar-refractivity contribution in [3.05, 3.63) is 0 Å². The van der Waals surface area contributed by atoms with Gasteiger partial charge in [-0.1, -0.05) is 25.7 Å². The lowest BCUT2D eigenvalue weighted by Gasteiger charge is -2.37. The highest BCUT2D eigenvalue weighted by molar-refractivity contribution is 7.80. The fourth-order valence-electron chi connectivity index (χ4n) is 3.37. The van der Waals surface area contributed by atoms with Crippen molar-refractivity contribution in [2.45, 2.75) is 51.0 Å². The molecule has 0 amide bonds. The summed E-state index contributed by atoms with van der Waals surface area (Å²) in [5.74, 6) is 1.05. The molecule has 2 rings (SSSR count). The van der Waals surface area contributed by atoms with E-state index in [4.69, 9.17) is 4.74 Å². The van der Waals surface area contributed by atoms with Crippen molar-refractivity contribution in [3.8, 4) is 0 Å². The summed E-state index contributed by atoms with van der Waals surface area (Å²) in [6, 6.07) is 0.648. The van der Waals surface area contributed by atoms with Crippen LogP contribution in [0.25, 0.3) is 0 Å². The van der Waals surface area contributed by atoms with Crippen LogP contribution in [0.1, 0.15) is 44.9 Å². The van der Waals surface area contributed by atoms with Gasteiger partial charge in [-0.05, 0) is 37.5 Å². The zero-order chi connectivity index (χ0) is 12.1. The summed E-state index contributed by atoms with van der Waals surface area (Å²) in [5, 5.41) is 0. The standard InChI is InChI=1S/C14H27NOS/c1-15(13-6-9-16-10-13)11-14(12-17)7-4-2-3-5-8-14/h13,17H,2-12H2,1H3.